The summed E-state index contributed by atoms with van der Waals surface area (Å²) in [6, 6.07) is 1.97. The number of piperidine rings is 1. The lowest BCUT2D eigenvalue weighted by Crippen LogP contribution is -2.31. The molecule has 1 aliphatic rings. The van der Waals surface area contributed by atoms with Crippen LogP contribution >= 0.6 is 0 Å². The van der Waals surface area contributed by atoms with Gasteiger partial charge in [-0.25, -0.2) is 23.1 Å². The maximum Gasteiger partial charge on any atom is 0.211 e. The highest BCUT2D eigenvalue weighted by Crippen LogP contribution is 2.18. The van der Waals surface area contributed by atoms with Crippen molar-refractivity contribution in [2.75, 3.05) is 23.7 Å². The minimum Gasteiger partial charge on any atom is -0.357 e. The molecular weight excluding hydrogens is 288 g/mol. The molecule has 0 aromatic carbocycles. The Hall–Kier alpha value is -1.21. The zero-order chi connectivity index (χ0) is 15.3. The fraction of sp³-hybridized carbons (Fsp3) is 0.714. The van der Waals surface area contributed by atoms with Gasteiger partial charge in [-0.1, -0.05) is 6.92 Å². The molecule has 1 aromatic rings. The molecule has 1 aromatic heterocycles. The van der Waals surface area contributed by atoms with Crippen molar-refractivity contribution in [3.63, 3.8) is 0 Å². The van der Waals surface area contributed by atoms with E-state index in [-0.39, 0.29) is 12.3 Å². The number of aryl methyl sites for hydroxylation is 1. The second kappa shape index (κ2) is 7.17. The number of hydrogen-bond donors (Lipinski definition) is 1. The highest BCUT2D eigenvalue weighted by molar-refractivity contribution is 7.89. The third-order valence-corrected chi connectivity index (χ3v) is 5.02. The molecule has 0 radical (unpaired) electrons. The van der Waals surface area contributed by atoms with Gasteiger partial charge in [0.05, 0.1) is 12.3 Å². The van der Waals surface area contributed by atoms with Gasteiger partial charge in [0.2, 0.25) is 10.0 Å². The minimum absolute atomic E-state index is 0.137. The molecule has 0 atom stereocenters. The van der Waals surface area contributed by atoms with Crippen LogP contribution in [0.4, 0.5) is 5.82 Å². The molecular formula is C14H24N4O2S. The predicted octanol–water partition coefficient (Wildman–Crippen LogP) is 1.60. The van der Waals surface area contributed by atoms with Crippen LogP contribution in [0.25, 0.3) is 0 Å². The van der Waals surface area contributed by atoms with E-state index >= 15 is 0 Å². The number of anilines is 1. The second-order valence-corrected chi connectivity index (χ2v) is 7.40. The van der Waals surface area contributed by atoms with E-state index in [0.29, 0.717) is 12.2 Å². The summed E-state index contributed by atoms with van der Waals surface area (Å²) in [7, 11) is -3.22. The van der Waals surface area contributed by atoms with E-state index in [1.165, 1.54) is 19.3 Å². The summed E-state index contributed by atoms with van der Waals surface area (Å²) in [4.78, 5) is 11.1. The van der Waals surface area contributed by atoms with Gasteiger partial charge in [0.15, 0.2) is 0 Å². The van der Waals surface area contributed by atoms with Gasteiger partial charge in [-0.15, -0.1) is 0 Å². The number of nitrogens with one attached hydrogen (secondary N) is 1. The van der Waals surface area contributed by atoms with Crippen molar-refractivity contribution >= 4 is 15.8 Å². The van der Waals surface area contributed by atoms with Gasteiger partial charge in [0, 0.05) is 24.8 Å². The predicted molar refractivity (Wildman–Crippen MR) is 83.8 cm³/mol. The average molecular weight is 312 g/mol. The zero-order valence-electron chi connectivity index (χ0n) is 12.8. The minimum atomic E-state index is -3.22. The van der Waals surface area contributed by atoms with Gasteiger partial charge in [-0.2, -0.15) is 0 Å². The molecule has 118 valence electrons. The Morgan fingerprint density at radius 1 is 1.24 bits per heavy atom. The summed E-state index contributed by atoms with van der Waals surface area (Å²) in [6.07, 6.45) is 4.23. The number of aromatic nitrogens is 2. The quantitative estimate of drug-likeness (QED) is 0.863. The van der Waals surface area contributed by atoms with E-state index in [4.69, 9.17) is 0 Å². The Kier molecular flexibility index (Phi) is 5.52. The van der Waals surface area contributed by atoms with Crippen molar-refractivity contribution in [3.8, 4) is 0 Å². The maximum absolute atomic E-state index is 11.7. The molecule has 1 saturated heterocycles. The number of sulfonamides is 1. The molecule has 7 heteroatoms. The Balaban J connectivity index is 2.08. The van der Waals surface area contributed by atoms with Crippen molar-refractivity contribution in [1.29, 1.82) is 0 Å². The first kappa shape index (κ1) is 16.2. The van der Waals surface area contributed by atoms with Crippen LogP contribution in [0.2, 0.25) is 0 Å². The number of rotatable bonds is 6. The fourth-order valence-corrected chi connectivity index (χ4v) is 3.52. The third kappa shape index (κ3) is 4.93. The normalized spacial score (nSPS) is 16.2. The average Bonchev–Trinajstić information content (AvgIpc) is 2.46. The van der Waals surface area contributed by atoms with Crippen LogP contribution in [0.5, 0.6) is 0 Å². The summed E-state index contributed by atoms with van der Waals surface area (Å²) in [5, 5.41) is 0. The van der Waals surface area contributed by atoms with E-state index in [1.807, 2.05) is 19.9 Å². The highest BCUT2D eigenvalue weighted by Gasteiger charge is 2.15. The largest absolute Gasteiger partial charge is 0.357 e. The number of nitrogens with zero attached hydrogens (tertiary/aromatic N) is 3. The van der Waals surface area contributed by atoms with E-state index < -0.39 is 10.0 Å². The Morgan fingerprint density at radius 3 is 2.62 bits per heavy atom. The van der Waals surface area contributed by atoms with Crippen LogP contribution in [0.3, 0.4) is 0 Å². The molecule has 0 bridgehead atoms. The van der Waals surface area contributed by atoms with Crippen LogP contribution in [-0.4, -0.2) is 37.2 Å². The summed E-state index contributed by atoms with van der Waals surface area (Å²) >= 11 is 0. The van der Waals surface area contributed by atoms with Crippen LogP contribution in [-0.2, 0) is 16.6 Å². The SMILES string of the molecule is CCCS(=O)(=O)NCc1nc(C)cc(N2CCCCC2)n1. The molecule has 21 heavy (non-hydrogen) atoms. The van der Waals surface area contributed by atoms with Crippen molar-refractivity contribution < 1.29 is 8.42 Å². The van der Waals surface area contributed by atoms with Gasteiger partial charge < -0.3 is 4.90 Å². The summed E-state index contributed by atoms with van der Waals surface area (Å²) < 4.78 is 26.0. The fourth-order valence-electron chi connectivity index (χ4n) is 2.49. The van der Waals surface area contributed by atoms with Gasteiger partial charge in [-0.3, -0.25) is 0 Å². The van der Waals surface area contributed by atoms with Gasteiger partial charge in [0.1, 0.15) is 11.6 Å². The van der Waals surface area contributed by atoms with Crippen molar-refractivity contribution in [2.45, 2.75) is 46.1 Å². The lowest BCUT2D eigenvalue weighted by molar-refractivity contribution is 0.568. The Morgan fingerprint density at radius 2 is 1.95 bits per heavy atom. The topological polar surface area (TPSA) is 75.2 Å². The van der Waals surface area contributed by atoms with Crippen LogP contribution in [0, 0.1) is 6.92 Å². The molecule has 0 unspecified atom stereocenters. The van der Waals surface area contributed by atoms with E-state index in [2.05, 4.69) is 19.6 Å². The lowest BCUT2D eigenvalue weighted by Gasteiger charge is -2.28. The maximum atomic E-state index is 11.7. The molecule has 0 spiro atoms. The highest BCUT2D eigenvalue weighted by atomic mass is 32.2. The Bertz CT molecular complexity index is 568. The zero-order valence-corrected chi connectivity index (χ0v) is 13.6. The van der Waals surface area contributed by atoms with Gasteiger partial charge in [-0.05, 0) is 32.6 Å². The van der Waals surface area contributed by atoms with Gasteiger partial charge >= 0.3 is 0 Å². The first-order valence-electron chi connectivity index (χ1n) is 7.57. The van der Waals surface area contributed by atoms with E-state index in [9.17, 15) is 8.42 Å². The monoisotopic (exact) mass is 312 g/mol. The molecule has 1 aliphatic heterocycles. The molecule has 0 aliphatic carbocycles. The smallest absolute Gasteiger partial charge is 0.211 e. The summed E-state index contributed by atoms with van der Waals surface area (Å²) in [5.41, 5.74) is 0.871. The summed E-state index contributed by atoms with van der Waals surface area (Å²) in [5.74, 6) is 1.58. The van der Waals surface area contributed by atoms with Crippen molar-refractivity contribution in [1.82, 2.24) is 14.7 Å². The molecule has 0 saturated carbocycles. The Labute approximate surface area is 127 Å². The molecule has 6 nitrogen and oxygen atoms in total. The van der Waals surface area contributed by atoms with Crippen molar-refractivity contribution in [3.05, 3.63) is 17.6 Å². The van der Waals surface area contributed by atoms with Crippen LogP contribution in [0.15, 0.2) is 6.07 Å². The van der Waals surface area contributed by atoms with Crippen LogP contribution in [0.1, 0.15) is 44.1 Å². The van der Waals surface area contributed by atoms with E-state index in [0.717, 1.165) is 24.6 Å². The van der Waals surface area contributed by atoms with Gasteiger partial charge in [0.25, 0.3) is 0 Å². The molecule has 1 N–H and O–H groups in total. The molecule has 2 heterocycles. The second-order valence-electron chi connectivity index (χ2n) is 5.47. The van der Waals surface area contributed by atoms with Crippen molar-refractivity contribution in [2.24, 2.45) is 0 Å². The van der Waals surface area contributed by atoms with E-state index in [1.54, 1.807) is 0 Å². The first-order chi connectivity index (χ1) is 10.00. The molecule has 0 amide bonds. The summed E-state index contributed by atoms with van der Waals surface area (Å²) in [6.45, 7) is 5.94. The van der Waals surface area contributed by atoms with Crippen LogP contribution < -0.4 is 9.62 Å². The third-order valence-electron chi connectivity index (χ3n) is 3.49. The molecule has 2 rings (SSSR count). The first-order valence-corrected chi connectivity index (χ1v) is 9.22. The molecule has 1 fully saturated rings. The number of hydrogen-bond acceptors (Lipinski definition) is 5. The standard InChI is InChI=1S/C14H24N4O2S/c1-3-9-21(19,20)15-11-13-16-12(2)10-14(17-13)18-7-5-4-6-8-18/h10,15H,3-9,11H2,1-2H3. The lowest BCUT2D eigenvalue weighted by atomic mass is 10.1.